The van der Waals surface area contributed by atoms with Crippen molar-refractivity contribution in [2.45, 2.75) is 19.4 Å². The molecule has 104 valence electrons. The predicted molar refractivity (Wildman–Crippen MR) is 71.4 cm³/mol. The molecule has 0 heterocycles. The Morgan fingerprint density at radius 2 is 2.21 bits per heavy atom. The van der Waals surface area contributed by atoms with Crippen molar-refractivity contribution in [1.29, 1.82) is 0 Å². The van der Waals surface area contributed by atoms with Gasteiger partial charge in [-0.3, -0.25) is 14.9 Å². The van der Waals surface area contributed by atoms with Crippen LogP contribution < -0.4 is 0 Å². The third-order valence-electron chi connectivity index (χ3n) is 2.61. The number of aliphatic hydroxyl groups excluding tert-OH is 1. The highest BCUT2D eigenvalue weighted by Gasteiger charge is 2.23. The molecule has 0 aliphatic carbocycles. The van der Waals surface area contributed by atoms with Crippen LogP contribution in [0.15, 0.2) is 18.2 Å². The van der Waals surface area contributed by atoms with E-state index in [9.17, 15) is 20.0 Å². The average Bonchev–Trinajstić information content (AvgIpc) is 2.34. The van der Waals surface area contributed by atoms with Crippen LogP contribution in [-0.4, -0.2) is 40.5 Å². The van der Waals surface area contributed by atoms with Crippen molar-refractivity contribution in [3.8, 4) is 0 Å². The van der Waals surface area contributed by atoms with Crippen LogP contribution in [0.5, 0.6) is 0 Å². The minimum atomic E-state index is -0.619. The lowest BCUT2D eigenvalue weighted by molar-refractivity contribution is -0.385. The monoisotopic (exact) mass is 286 g/mol. The predicted octanol–water partition coefficient (Wildman–Crippen LogP) is 2.09. The van der Waals surface area contributed by atoms with Crippen molar-refractivity contribution in [1.82, 2.24) is 4.90 Å². The van der Waals surface area contributed by atoms with Gasteiger partial charge in [-0.05, 0) is 25.5 Å². The largest absolute Gasteiger partial charge is 0.393 e. The number of amides is 1. The van der Waals surface area contributed by atoms with E-state index >= 15 is 0 Å². The van der Waals surface area contributed by atoms with Crippen LogP contribution >= 0.6 is 11.6 Å². The first-order chi connectivity index (χ1) is 8.82. The Balaban J connectivity index is 2.98. The summed E-state index contributed by atoms with van der Waals surface area (Å²) in [7, 11) is 1.52. The number of hydrogen-bond donors (Lipinski definition) is 1. The summed E-state index contributed by atoms with van der Waals surface area (Å²) >= 11 is 5.76. The zero-order valence-corrected chi connectivity index (χ0v) is 11.4. The van der Waals surface area contributed by atoms with Gasteiger partial charge in [0.2, 0.25) is 0 Å². The van der Waals surface area contributed by atoms with E-state index in [2.05, 4.69) is 0 Å². The van der Waals surface area contributed by atoms with E-state index in [1.165, 1.54) is 30.1 Å². The molecule has 6 nitrogen and oxygen atoms in total. The summed E-state index contributed by atoms with van der Waals surface area (Å²) in [6.45, 7) is 1.92. The minimum Gasteiger partial charge on any atom is -0.393 e. The maximum absolute atomic E-state index is 12.1. The van der Waals surface area contributed by atoms with Crippen LogP contribution in [0.25, 0.3) is 0 Å². The van der Waals surface area contributed by atoms with Gasteiger partial charge in [0, 0.05) is 24.7 Å². The topological polar surface area (TPSA) is 83.7 Å². The number of nitro groups is 1. The van der Waals surface area contributed by atoms with Gasteiger partial charge in [-0.15, -0.1) is 0 Å². The number of aliphatic hydroxyl groups is 1. The quantitative estimate of drug-likeness (QED) is 0.663. The van der Waals surface area contributed by atoms with E-state index < -0.39 is 16.9 Å². The molecule has 1 amide bonds. The smallest absolute Gasteiger partial charge is 0.282 e. The molecule has 0 spiro atoms. The molecule has 7 heteroatoms. The number of halogens is 1. The van der Waals surface area contributed by atoms with E-state index in [-0.39, 0.29) is 16.3 Å². The van der Waals surface area contributed by atoms with E-state index in [1.807, 2.05) is 0 Å². The van der Waals surface area contributed by atoms with Crippen LogP contribution in [0.3, 0.4) is 0 Å². The Morgan fingerprint density at radius 3 is 2.74 bits per heavy atom. The fourth-order valence-corrected chi connectivity index (χ4v) is 1.70. The Kier molecular flexibility index (Phi) is 5.26. The van der Waals surface area contributed by atoms with Crippen molar-refractivity contribution in [3.63, 3.8) is 0 Å². The van der Waals surface area contributed by atoms with Gasteiger partial charge in [0.15, 0.2) is 0 Å². The molecule has 1 unspecified atom stereocenters. The van der Waals surface area contributed by atoms with Crippen molar-refractivity contribution < 1.29 is 14.8 Å². The number of nitrogens with zero attached hydrogens (tertiary/aromatic N) is 2. The van der Waals surface area contributed by atoms with Crippen molar-refractivity contribution in [2.24, 2.45) is 0 Å². The molecule has 0 fully saturated rings. The van der Waals surface area contributed by atoms with Gasteiger partial charge in [0.05, 0.1) is 11.0 Å². The Morgan fingerprint density at radius 1 is 1.58 bits per heavy atom. The first kappa shape index (κ1) is 15.4. The van der Waals surface area contributed by atoms with Gasteiger partial charge in [0.25, 0.3) is 11.6 Å². The zero-order chi connectivity index (χ0) is 14.6. The van der Waals surface area contributed by atoms with Gasteiger partial charge in [-0.2, -0.15) is 0 Å². The molecule has 1 N–H and O–H groups in total. The number of carbonyl (C=O) groups is 1. The van der Waals surface area contributed by atoms with Gasteiger partial charge < -0.3 is 10.0 Å². The molecular weight excluding hydrogens is 272 g/mol. The number of hydrogen-bond acceptors (Lipinski definition) is 4. The molecule has 0 bridgehead atoms. The molecule has 0 aliphatic rings. The van der Waals surface area contributed by atoms with Crippen LogP contribution in [0.1, 0.15) is 23.7 Å². The zero-order valence-electron chi connectivity index (χ0n) is 10.7. The fourth-order valence-electron chi connectivity index (χ4n) is 1.53. The molecule has 1 aromatic rings. The Labute approximate surface area is 115 Å². The van der Waals surface area contributed by atoms with Crippen LogP contribution in [0, 0.1) is 10.1 Å². The highest BCUT2D eigenvalue weighted by Crippen LogP contribution is 2.23. The summed E-state index contributed by atoms with van der Waals surface area (Å²) in [6.07, 6.45) is -0.138. The molecule has 19 heavy (non-hydrogen) atoms. The highest BCUT2D eigenvalue weighted by atomic mass is 35.5. The van der Waals surface area contributed by atoms with Crippen molar-refractivity contribution in [3.05, 3.63) is 38.9 Å². The number of carbonyl (C=O) groups excluding carboxylic acids is 1. The third kappa shape index (κ3) is 4.18. The second-order valence-electron chi connectivity index (χ2n) is 4.28. The summed E-state index contributed by atoms with van der Waals surface area (Å²) in [5.41, 5.74) is -0.330. The highest BCUT2D eigenvalue weighted by molar-refractivity contribution is 6.31. The maximum Gasteiger partial charge on any atom is 0.282 e. The number of rotatable bonds is 5. The summed E-state index contributed by atoms with van der Waals surface area (Å²) < 4.78 is 0. The molecule has 0 saturated heterocycles. The number of benzene rings is 1. The number of nitro benzene ring substituents is 1. The lowest BCUT2D eigenvalue weighted by Crippen LogP contribution is -2.30. The Bertz CT molecular complexity index is 491. The minimum absolute atomic E-state index is 0.0504. The molecule has 0 saturated carbocycles. The summed E-state index contributed by atoms with van der Waals surface area (Å²) in [5.74, 6) is -0.491. The maximum atomic E-state index is 12.1. The van der Waals surface area contributed by atoms with Gasteiger partial charge in [0.1, 0.15) is 5.56 Å². The van der Waals surface area contributed by atoms with Crippen LogP contribution in [-0.2, 0) is 0 Å². The van der Waals surface area contributed by atoms with Gasteiger partial charge >= 0.3 is 0 Å². The second-order valence-corrected chi connectivity index (χ2v) is 4.72. The first-order valence-corrected chi connectivity index (χ1v) is 6.08. The first-order valence-electron chi connectivity index (χ1n) is 5.70. The van der Waals surface area contributed by atoms with Crippen molar-refractivity contribution >= 4 is 23.2 Å². The summed E-state index contributed by atoms with van der Waals surface area (Å²) in [4.78, 5) is 23.7. The second kappa shape index (κ2) is 6.49. The van der Waals surface area contributed by atoms with E-state index in [0.717, 1.165) is 0 Å². The van der Waals surface area contributed by atoms with E-state index in [4.69, 9.17) is 11.6 Å². The molecule has 1 aromatic carbocycles. The molecule has 0 aliphatic heterocycles. The fraction of sp³-hybridized carbons (Fsp3) is 0.417. The van der Waals surface area contributed by atoms with E-state index in [0.29, 0.717) is 13.0 Å². The van der Waals surface area contributed by atoms with Gasteiger partial charge in [-0.25, -0.2) is 0 Å². The van der Waals surface area contributed by atoms with E-state index in [1.54, 1.807) is 6.92 Å². The lowest BCUT2D eigenvalue weighted by Gasteiger charge is -2.18. The standard InChI is InChI=1S/C12H15ClN2O4/c1-8(16)5-6-14(2)12(17)10-7-9(13)3-4-11(10)15(18)19/h3-4,7-8,16H,5-6H2,1-2H3. The lowest BCUT2D eigenvalue weighted by atomic mass is 10.1. The SMILES string of the molecule is CC(O)CCN(C)C(=O)c1cc(Cl)ccc1[N+](=O)[O-]. The summed E-state index contributed by atoms with van der Waals surface area (Å²) in [6, 6.07) is 3.85. The van der Waals surface area contributed by atoms with Crippen LogP contribution in [0.2, 0.25) is 5.02 Å². The summed E-state index contributed by atoms with van der Waals surface area (Å²) in [5, 5.41) is 20.3. The third-order valence-corrected chi connectivity index (χ3v) is 2.85. The average molecular weight is 287 g/mol. The molecule has 0 radical (unpaired) electrons. The van der Waals surface area contributed by atoms with Crippen LogP contribution in [0.4, 0.5) is 5.69 Å². The Hall–Kier alpha value is -1.66. The van der Waals surface area contributed by atoms with Gasteiger partial charge in [-0.1, -0.05) is 11.6 Å². The molecule has 1 rings (SSSR count). The van der Waals surface area contributed by atoms with Crippen molar-refractivity contribution in [2.75, 3.05) is 13.6 Å². The molecular formula is C12H15ClN2O4. The molecule has 1 atom stereocenters. The molecule has 0 aromatic heterocycles. The normalized spacial score (nSPS) is 12.0.